The molecule has 4 heteroatoms. The lowest BCUT2D eigenvalue weighted by Crippen LogP contribution is -2.65. The zero-order valence-corrected chi connectivity index (χ0v) is 16.5. The molecule has 0 aromatic heterocycles. The van der Waals surface area contributed by atoms with Crippen LogP contribution in [0.2, 0.25) is 0 Å². The topological polar surface area (TPSA) is 13.0 Å². The van der Waals surface area contributed by atoms with Gasteiger partial charge in [-0.25, -0.2) is 20.0 Å². The summed E-state index contributed by atoms with van der Waals surface area (Å²) in [5.74, 6) is 0. The Morgan fingerprint density at radius 2 is 0.962 bits per heavy atom. The third kappa shape index (κ3) is 4.71. The van der Waals surface area contributed by atoms with Crippen LogP contribution < -0.4 is 0 Å². The monoisotopic (exact) mass is 352 g/mol. The zero-order valence-electron chi connectivity index (χ0n) is 16.5. The molecular formula is C22H32N4. The Bertz CT molecular complexity index is 597. The fraction of sp³-hybridized carbons (Fsp3) is 0.455. The van der Waals surface area contributed by atoms with E-state index in [1.54, 1.807) is 0 Å². The average molecular weight is 353 g/mol. The molecular weight excluding hydrogens is 320 g/mol. The van der Waals surface area contributed by atoms with E-state index in [9.17, 15) is 0 Å². The molecule has 0 unspecified atom stereocenters. The summed E-state index contributed by atoms with van der Waals surface area (Å²) in [4.78, 5) is 0. The van der Waals surface area contributed by atoms with Crippen molar-refractivity contribution in [3.8, 4) is 0 Å². The Kier molecular flexibility index (Phi) is 6.43. The minimum absolute atomic E-state index is 0.464. The van der Waals surface area contributed by atoms with Crippen LogP contribution in [-0.4, -0.2) is 45.5 Å². The van der Waals surface area contributed by atoms with Gasteiger partial charge in [0.05, 0.1) is 13.3 Å². The molecule has 1 aliphatic heterocycles. The molecule has 2 aromatic rings. The molecule has 0 spiro atoms. The van der Waals surface area contributed by atoms with Gasteiger partial charge < -0.3 is 0 Å². The third-order valence-corrected chi connectivity index (χ3v) is 4.95. The van der Waals surface area contributed by atoms with Crippen molar-refractivity contribution in [2.24, 2.45) is 0 Å². The molecule has 0 N–H and O–H groups in total. The summed E-state index contributed by atoms with van der Waals surface area (Å²) in [5, 5.41) is 9.96. The predicted molar refractivity (Wildman–Crippen MR) is 108 cm³/mol. The highest BCUT2D eigenvalue weighted by Gasteiger charge is 2.33. The molecule has 1 heterocycles. The Morgan fingerprint density at radius 1 is 0.615 bits per heavy atom. The van der Waals surface area contributed by atoms with E-state index < -0.39 is 0 Å². The first-order valence-corrected chi connectivity index (χ1v) is 9.65. The van der Waals surface area contributed by atoms with E-state index in [4.69, 9.17) is 0 Å². The smallest absolute Gasteiger partial charge is 0.0794 e. The number of nitrogens with zero attached hydrogens (tertiary/aromatic N) is 4. The second kappa shape index (κ2) is 8.78. The first kappa shape index (κ1) is 19.1. The molecule has 1 fully saturated rings. The summed E-state index contributed by atoms with van der Waals surface area (Å²) in [6.45, 7) is 12.8. The van der Waals surface area contributed by atoms with Crippen molar-refractivity contribution in [3.05, 3.63) is 71.8 Å². The minimum Gasteiger partial charge on any atom is -0.222 e. The number of hydrazine groups is 2. The molecule has 0 aliphatic carbocycles. The van der Waals surface area contributed by atoms with Crippen molar-refractivity contribution in [2.45, 2.75) is 52.9 Å². The molecule has 140 valence electrons. The standard InChI is InChI=1S/C22H32N4/c1-19(2)25-17-24(16-22-13-9-6-10-14-22)26(20(3)4)18-23(25)15-21-11-7-5-8-12-21/h5-14,19-20H,15-18H2,1-4H3. The third-order valence-electron chi connectivity index (χ3n) is 4.95. The van der Waals surface area contributed by atoms with Gasteiger partial charge >= 0.3 is 0 Å². The summed E-state index contributed by atoms with van der Waals surface area (Å²) in [5.41, 5.74) is 2.72. The van der Waals surface area contributed by atoms with Gasteiger partial charge in [-0.05, 0) is 38.8 Å². The zero-order chi connectivity index (χ0) is 18.5. The van der Waals surface area contributed by atoms with Crippen LogP contribution in [0, 0.1) is 0 Å². The largest absolute Gasteiger partial charge is 0.222 e. The second-order valence-corrected chi connectivity index (χ2v) is 7.65. The van der Waals surface area contributed by atoms with E-state index in [2.05, 4.69) is 108 Å². The van der Waals surface area contributed by atoms with E-state index in [-0.39, 0.29) is 0 Å². The minimum atomic E-state index is 0.464. The highest BCUT2D eigenvalue weighted by atomic mass is 15.8. The summed E-state index contributed by atoms with van der Waals surface area (Å²) in [7, 11) is 0. The lowest BCUT2D eigenvalue weighted by atomic mass is 10.2. The van der Waals surface area contributed by atoms with Crippen LogP contribution in [0.1, 0.15) is 38.8 Å². The predicted octanol–water partition coefficient (Wildman–Crippen LogP) is 4.17. The SMILES string of the molecule is CC(C)N1CN(Cc2ccccc2)N(C(C)C)CN1Cc1ccccc1. The molecule has 2 aromatic carbocycles. The van der Waals surface area contributed by atoms with Crippen LogP contribution in [-0.2, 0) is 13.1 Å². The van der Waals surface area contributed by atoms with E-state index in [0.717, 1.165) is 26.4 Å². The number of hydrogen-bond acceptors (Lipinski definition) is 4. The molecule has 0 radical (unpaired) electrons. The molecule has 0 atom stereocenters. The number of hydrogen-bond donors (Lipinski definition) is 0. The van der Waals surface area contributed by atoms with Gasteiger partial charge in [0.1, 0.15) is 0 Å². The van der Waals surface area contributed by atoms with Crippen LogP contribution in [0.5, 0.6) is 0 Å². The lowest BCUT2D eigenvalue weighted by Gasteiger charge is -2.52. The molecule has 1 saturated heterocycles. The van der Waals surface area contributed by atoms with E-state index in [0.29, 0.717) is 12.1 Å². The van der Waals surface area contributed by atoms with Crippen molar-refractivity contribution in [3.63, 3.8) is 0 Å². The van der Waals surface area contributed by atoms with Gasteiger partial charge in [0.2, 0.25) is 0 Å². The maximum Gasteiger partial charge on any atom is 0.0794 e. The summed E-state index contributed by atoms with van der Waals surface area (Å²) < 4.78 is 0. The van der Waals surface area contributed by atoms with Gasteiger partial charge in [-0.1, -0.05) is 60.7 Å². The highest BCUT2D eigenvalue weighted by Crippen LogP contribution is 2.22. The fourth-order valence-electron chi connectivity index (χ4n) is 3.53. The van der Waals surface area contributed by atoms with Gasteiger partial charge in [-0.15, -0.1) is 0 Å². The summed E-state index contributed by atoms with van der Waals surface area (Å²) in [6, 6.07) is 22.5. The van der Waals surface area contributed by atoms with Crippen molar-refractivity contribution in [1.82, 2.24) is 20.0 Å². The van der Waals surface area contributed by atoms with Crippen LogP contribution in [0.3, 0.4) is 0 Å². The van der Waals surface area contributed by atoms with Gasteiger partial charge in [-0.2, -0.15) is 0 Å². The molecule has 1 aliphatic rings. The Balaban J connectivity index is 1.78. The van der Waals surface area contributed by atoms with Gasteiger partial charge in [-0.3, -0.25) is 0 Å². The maximum atomic E-state index is 2.49. The molecule has 0 bridgehead atoms. The first-order chi connectivity index (χ1) is 12.5. The van der Waals surface area contributed by atoms with E-state index in [1.807, 2.05) is 0 Å². The Labute approximate surface area is 158 Å². The van der Waals surface area contributed by atoms with Crippen molar-refractivity contribution in [2.75, 3.05) is 13.3 Å². The van der Waals surface area contributed by atoms with Crippen LogP contribution in [0.15, 0.2) is 60.7 Å². The highest BCUT2D eigenvalue weighted by molar-refractivity contribution is 5.15. The first-order valence-electron chi connectivity index (χ1n) is 9.65. The van der Waals surface area contributed by atoms with Crippen LogP contribution in [0.4, 0.5) is 0 Å². The average Bonchev–Trinajstić information content (AvgIpc) is 2.64. The van der Waals surface area contributed by atoms with Crippen molar-refractivity contribution < 1.29 is 0 Å². The number of benzene rings is 2. The van der Waals surface area contributed by atoms with Gasteiger partial charge in [0.25, 0.3) is 0 Å². The van der Waals surface area contributed by atoms with E-state index in [1.165, 1.54) is 11.1 Å². The molecule has 3 rings (SSSR count). The summed E-state index contributed by atoms with van der Waals surface area (Å²) in [6.07, 6.45) is 0. The quantitative estimate of drug-likeness (QED) is 0.773. The Morgan fingerprint density at radius 3 is 1.27 bits per heavy atom. The fourth-order valence-corrected chi connectivity index (χ4v) is 3.53. The lowest BCUT2D eigenvalue weighted by molar-refractivity contribution is -0.251. The van der Waals surface area contributed by atoms with Crippen molar-refractivity contribution >= 4 is 0 Å². The normalized spacial score (nSPS) is 18.1. The second-order valence-electron chi connectivity index (χ2n) is 7.65. The van der Waals surface area contributed by atoms with Crippen LogP contribution >= 0.6 is 0 Å². The Hall–Kier alpha value is -1.72. The van der Waals surface area contributed by atoms with Crippen LogP contribution in [0.25, 0.3) is 0 Å². The maximum absolute atomic E-state index is 2.49. The molecule has 26 heavy (non-hydrogen) atoms. The molecule has 0 amide bonds. The summed E-state index contributed by atoms with van der Waals surface area (Å²) >= 11 is 0. The van der Waals surface area contributed by atoms with Gasteiger partial charge in [0, 0.05) is 25.2 Å². The molecule has 0 saturated carbocycles. The molecule has 4 nitrogen and oxygen atoms in total. The van der Waals surface area contributed by atoms with Gasteiger partial charge in [0.15, 0.2) is 0 Å². The van der Waals surface area contributed by atoms with Crippen molar-refractivity contribution in [1.29, 1.82) is 0 Å². The van der Waals surface area contributed by atoms with E-state index >= 15 is 0 Å². The number of rotatable bonds is 6.